The first-order valence-electron chi connectivity index (χ1n) is 13.8. The molecule has 0 radical (unpaired) electrons. The van der Waals surface area contributed by atoms with Gasteiger partial charge in [0.25, 0.3) is 0 Å². The van der Waals surface area contributed by atoms with Gasteiger partial charge in [0.05, 0.1) is 0 Å². The Bertz CT molecular complexity index is 1140. The molecular weight excluding hydrogens is 535 g/mol. The van der Waals surface area contributed by atoms with Crippen LogP contribution in [-0.4, -0.2) is 69.5 Å². The van der Waals surface area contributed by atoms with Gasteiger partial charge in [0.1, 0.15) is 5.60 Å². The van der Waals surface area contributed by atoms with Crippen LogP contribution < -0.4 is 4.90 Å². The Kier molecular flexibility index (Phi) is 9.27. The van der Waals surface area contributed by atoms with Crippen molar-refractivity contribution < 1.29 is 9.53 Å². The first kappa shape index (κ1) is 29.4. The van der Waals surface area contributed by atoms with Crippen molar-refractivity contribution in [2.24, 2.45) is 5.10 Å². The highest BCUT2D eigenvalue weighted by atomic mass is 35.5. The van der Waals surface area contributed by atoms with Crippen molar-refractivity contribution in [1.82, 2.24) is 19.9 Å². The molecule has 1 unspecified atom stereocenters. The van der Waals surface area contributed by atoms with E-state index in [1.807, 2.05) is 68.5 Å². The summed E-state index contributed by atoms with van der Waals surface area (Å²) in [5.41, 5.74) is 1.48. The van der Waals surface area contributed by atoms with Gasteiger partial charge in [-0.1, -0.05) is 37.0 Å². The van der Waals surface area contributed by atoms with E-state index >= 15 is 0 Å². The zero-order valence-corrected chi connectivity index (χ0v) is 25.3. The molecule has 0 saturated carbocycles. The Hall–Kier alpha value is -2.58. The summed E-state index contributed by atoms with van der Waals surface area (Å²) in [5, 5.41) is 7.46. The van der Waals surface area contributed by atoms with E-state index in [2.05, 4.69) is 23.8 Å². The predicted octanol–water partition coefficient (Wildman–Crippen LogP) is 6.76. The van der Waals surface area contributed by atoms with Gasteiger partial charge in [-0.2, -0.15) is 5.10 Å². The van der Waals surface area contributed by atoms with Crippen molar-refractivity contribution in [3.63, 3.8) is 0 Å². The van der Waals surface area contributed by atoms with E-state index in [4.69, 9.17) is 37.9 Å². The SMILES string of the molecule is CC[C@@H]1C[C@H](N(Cc2cc(Cl)cc(Cl)c2)c2ncc(C3C=NN(C)C3)cn2)C[C@H](CC)N1C(=O)OC(C)(C)C. The van der Waals surface area contributed by atoms with Crippen LogP contribution in [0.15, 0.2) is 35.7 Å². The minimum atomic E-state index is -0.545. The maximum Gasteiger partial charge on any atom is 0.410 e. The van der Waals surface area contributed by atoms with Crippen molar-refractivity contribution in [2.75, 3.05) is 18.5 Å². The first-order valence-corrected chi connectivity index (χ1v) is 14.5. The number of piperidine rings is 1. The summed E-state index contributed by atoms with van der Waals surface area (Å²) in [6.07, 6.45) is 8.73. The highest BCUT2D eigenvalue weighted by Crippen LogP contribution is 2.34. The normalized spacial score (nSPS) is 23.3. The fraction of sp³-hybridized carbons (Fsp3) is 0.586. The second-order valence-corrected chi connectivity index (χ2v) is 12.4. The second kappa shape index (κ2) is 12.3. The van der Waals surface area contributed by atoms with E-state index in [9.17, 15) is 4.79 Å². The number of rotatable bonds is 7. The summed E-state index contributed by atoms with van der Waals surface area (Å²) in [7, 11) is 1.96. The van der Waals surface area contributed by atoms with E-state index < -0.39 is 5.60 Å². The Morgan fingerprint density at radius 2 is 1.64 bits per heavy atom. The summed E-state index contributed by atoms with van der Waals surface area (Å²) >= 11 is 12.7. The number of likely N-dealkylation sites (N-methyl/N-ethyl adjacent to an activating group) is 1. The Balaban J connectivity index is 1.65. The number of aromatic nitrogens is 2. The first-order chi connectivity index (χ1) is 18.5. The molecule has 2 aromatic rings. The molecule has 3 heterocycles. The topological polar surface area (TPSA) is 74.2 Å². The quantitative estimate of drug-likeness (QED) is 0.363. The Morgan fingerprint density at radius 1 is 1.05 bits per heavy atom. The van der Waals surface area contributed by atoms with Crippen LogP contribution in [0.4, 0.5) is 10.7 Å². The van der Waals surface area contributed by atoms with Crippen LogP contribution >= 0.6 is 23.2 Å². The van der Waals surface area contributed by atoms with Crippen molar-refractivity contribution in [1.29, 1.82) is 0 Å². The maximum atomic E-state index is 13.3. The van der Waals surface area contributed by atoms with E-state index in [1.54, 1.807) is 6.07 Å². The minimum absolute atomic E-state index is 0.0403. The number of anilines is 1. The van der Waals surface area contributed by atoms with Gasteiger partial charge in [0, 0.05) is 72.8 Å². The number of carbonyl (C=O) groups is 1. The van der Waals surface area contributed by atoms with Gasteiger partial charge in [0.2, 0.25) is 5.95 Å². The zero-order chi connectivity index (χ0) is 28.3. The zero-order valence-electron chi connectivity index (χ0n) is 23.8. The standard InChI is InChI=1S/C29H40Cl2N6O2/c1-7-24-12-26(13-25(8-2)37(24)28(38)39-29(3,4)5)36(17-19-9-22(30)11-23(31)10-19)27-32-14-20(15-33-27)21-16-34-35(6)18-21/h9-11,14-16,21,24-26H,7-8,12-13,17-18H2,1-6H3/t21?,24-,25+,26+. The van der Waals surface area contributed by atoms with Crippen LogP contribution in [0.3, 0.4) is 0 Å². The Morgan fingerprint density at radius 3 is 2.13 bits per heavy atom. The number of ether oxygens (including phenoxy) is 1. The van der Waals surface area contributed by atoms with E-state index in [-0.39, 0.29) is 30.1 Å². The molecule has 212 valence electrons. The fourth-order valence-electron chi connectivity index (χ4n) is 5.54. The number of hydrogen-bond acceptors (Lipinski definition) is 7. The van der Waals surface area contributed by atoms with Crippen LogP contribution in [0.25, 0.3) is 0 Å². The number of likely N-dealkylation sites (tertiary alicyclic amines) is 1. The molecule has 0 bridgehead atoms. The van der Waals surface area contributed by atoms with Gasteiger partial charge in [0.15, 0.2) is 0 Å². The lowest BCUT2D eigenvalue weighted by Crippen LogP contribution is -2.57. The Labute approximate surface area is 242 Å². The summed E-state index contributed by atoms with van der Waals surface area (Å²) in [6.45, 7) is 11.4. The molecule has 4 rings (SSSR count). The monoisotopic (exact) mass is 574 g/mol. The lowest BCUT2D eigenvalue weighted by molar-refractivity contribution is -0.00966. The largest absolute Gasteiger partial charge is 0.444 e. The molecule has 0 spiro atoms. The van der Waals surface area contributed by atoms with Crippen molar-refractivity contribution in [3.8, 4) is 0 Å². The van der Waals surface area contributed by atoms with E-state index in [0.717, 1.165) is 43.4 Å². The van der Waals surface area contributed by atoms with Crippen LogP contribution in [0.5, 0.6) is 0 Å². The predicted molar refractivity (Wildman–Crippen MR) is 158 cm³/mol. The van der Waals surface area contributed by atoms with E-state index in [0.29, 0.717) is 22.5 Å². The highest BCUT2D eigenvalue weighted by Gasteiger charge is 2.41. The van der Waals surface area contributed by atoms with Gasteiger partial charge in [-0.15, -0.1) is 0 Å². The molecule has 0 aliphatic carbocycles. The molecule has 0 N–H and O–H groups in total. The molecule has 2 aliphatic rings. The van der Waals surface area contributed by atoms with Crippen LogP contribution in [-0.2, 0) is 11.3 Å². The molecule has 1 amide bonds. The van der Waals surface area contributed by atoms with Crippen LogP contribution in [0.1, 0.15) is 77.3 Å². The lowest BCUT2D eigenvalue weighted by Gasteiger charge is -2.48. The van der Waals surface area contributed by atoms with Crippen LogP contribution in [0, 0.1) is 0 Å². The van der Waals surface area contributed by atoms with Crippen LogP contribution in [0.2, 0.25) is 10.0 Å². The molecular formula is C29H40Cl2N6O2. The van der Waals surface area contributed by atoms with Gasteiger partial charge in [-0.3, -0.25) is 5.01 Å². The fourth-order valence-corrected chi connectivity index (χ4v) is 6.11. The number of benzene rings is 1. The number of amides is 1. The third-order valence-corrected chi connectivity index (χ3v) is 7.82. The molecule has 4 atom stereocenters. The third-order valence-electron chi connectivity index (χ3n) is 7.39. The molecule has 8 nitrogen and oxygen atoms in total. The number of hydrazone groups is 1. The summed E-state index contributed by atoms with van der Waals surface area (Å²) in [5.74, 6) is 0.828. The van der Waals surface area contributed by atoms with Crippen molar-refractivity contribution in [2.45, 2.75) is 96.5 Å². The maximum absolute atomic E-state index is 13.3. The molecule has 39 heavy (non-hydrogen) atoms. The summed E-state index contributed by atoms with van der Waals surface area (Å²) < 4.78 is 5.82. The number of nitrogens with zero attached hydrogens (tertiary/aromatic N) is 6. The average Bonchev–Trinajstić information content (AvgIpc) is 3.31. The van der Waals surface area contributed by atoms with Gasteiger partial charge in [-0.05, 0) is 75.8 Å². The molecule has 1 aromatic heterocycles. The number of hydrogen-bond donors (Lipinski definition) is 0. The highest BCUT2D eigenvalue weighted by molar-refractivity contribution is 6.34. The smallest absolute Gasteiger partial charge is 0.410 e. The number of carbonyl (C=O) groups excluding carboxylic acids is 1. The van der Waals surface area contributed by atoms with Crippen molar-refractivity contribution in [3.05, 3.63) is 51.8 Å². The number of halogens is 2. The van der Waals surface area contributed by atoms with Gasteiger partial charge < -0.3 is 14.5 Å². The third kappa shape index (κ3) is 7.34. The summed E-state index contributed by atoms with van der Waals surface area (Å²) in [6, 6.07) is 5.80. The summed E-state index contributed by atoms with van der Waals surface area (Å²) in [4.78, 5) is 27.2. The van der Waals surface area contributed by atoms with Crippen molar-refractivity contribution >= 4 is 41.5 Å². The molecule has 1 aromatic carbocycles. The molecule has 1 saturated heterocycles. The second-order valence-electron chi connectivity index (χ2n) is 11.6. The molecule has 10 heteroatoms. The minimum Gasteiger partial charge on any atom is -0.444 e. The van der Waals surface area contributed by atoms with Gasteiger partial charge >= 0.3 is 6.09 Å². The molecule has 2 aliphatic heterocycles. The molecule has 1 fully saturated rings. The van der Waals surface area contributed by atoms with E-state index in [1.165, 1.54) is 0 Å². The average molecular weight is 576 g/mol. The van der Waals surface area contributed by atoms with Gasteiger partial charge in [-0.25, -0.2) is 14.8 Å². The lowest BCUT2D eigenvalue weighted by atomic mass is 9.87.